The summed E-state index contributed by atoms with van der Waals surface area (Å²) in [5, 5.41) is 19.4. The number of phenolic OH excluding ortho intramolecular Hbond substituents is 2. The first-order chi connectivity index (χ1) is 7.88. The summed E-state index contributed by atoms with van der Waals surface area (Å²) in [6.45, 7) is 7.02. The third kappa shape index (κ3) is 2.58. The second-order valence-corrected chi connectivity index (χ2v) is 4.00. The minimum atomic E-state index is -0.772. The Labute approximate surface area is 100 Å². The van der Waals surface area contributed by atoms with E-state index in [1.807, 2.05) is 0 Å². The summed E-state index contributed by atoms with van der Waals surface area (Å²) < 4.78 is 4.66. The number of methoxy groups -OCH3 is 1. The molecule has 1 rings (SSSR count). The molecule has 2 N–H and O–H groups in total. The van der Waals surface area contributed by atoms with Crippen LogP contribution < -0.4 is 0 Å². The standard InChI is InChI=1S/C13H16O4/c1-7(2)12(13(16)17-4)9-6-10(14)8(3)5-11(9)15/h5-6,12,14-15H,1H2,2-4H3. The monoisotopic (exact) mass is 236 g/mol. The molecule has 0 heterocycles. The molecule has 0 radical (unpaired) electrons. The van der Waals surface area contributed by atoms with E-state index in [1.165, 1.54) is 19.2 Å². The van der Waals surface area contributed by atoms with E-state index in [9.17, 15) is 15.0 Å². The maximum absolute atomic E-state index is 11.6. The van der Waals surface area contributed by atoms with Crippen molar-refractivity contribution in [2.24, 2.45) is 0 Å². The molecule has 4 heteroatoms. The lowest BCUT2D eigenvalue weighted by Gasteiger charge is -2.17. The van der Waals surface area contributed by atoms with Gasteiger partial charge in [0.15, 0.2) is 0 Å². The Morgan fingerprint density at radius 1 is 1.35 bits per heavy atom. The fraction of sp³-hybridized carbons (Fsp3) is 0.308. The number of phenols is 2. The summed E-state index contributed by atoms with van der Waals surface area (Å²) >= 11 is 0. The molecule has 0 saturated carbocycles. The Kier molecular flexibility index (Phi) is 3.78. The fourth-order valence-electron chi connectivity index (χ4n) is 1.64. The van der Waals surface area contributed by atoms with Gasteiger partial charge in [-0.15, -0.1) is 0 Å². The first-order valence-electron chi connectivity index (χ1n) is 5.14. The molecule has 0 bridgehead atoms. The summed E-state index contributed by atoms with van der Waals surface area (Å²) in [5.74, 6) is -1.32. The summed E-state index contributed by atoms with van der Waals surface area (Å²) in [4.78, 5) is 11.6. The highest BCUT2D eigenvalue weighted by Gasteiger charge is 2.26. The highest BCUT2D eigenvalue weighted by Crippen LogP contribution is 2.35. The second kappa shape index (κ2) is 4.91. The number of rotatable bonds is 3. The number of hydrogen-bond acceptors (Lipinski definition) is 4. The molecule has 0 aliphatic carbocycles. The van der Waals surface area contributed by atoms with E-state index in [2.05, 4.69) is 11.3 Å². The summed E-state index contributed by atoms with van der Waals surface area (Å²) in [7, 11) is 1.27. The fourth-order valence-corrected chi connectivity index (χ4v) is 1.64. The largest absolute Gasteiger partial charge is 0.508 e. The van der Waals surface area contributed by atoms with Gasteiger partial charge >= 0.3 is 5.97 Å². The Morgan fingerprint density at radius 2 is 1.94 bits per heavy atom. The van der Waals surface area contributed by atoms with E-state index in [0.29, 0.717) is 16.7 Å². The van der Waals surface area contributed by atoms with E-state index in [4.69, 9.17) is 0 Å². The van der Waals surface area contributed by atoms with Crippen molar-refractivity contribution >= 4 is 5.97 Å². The van der Waals surface area contributed by atoms with Crippen molar-refractivity contribution in [3.63, 3.8) is 0 Å². The van der Waals surface area contributed by atoms with E-state index in [1.54, 1.807) is 13.8 Å². The predicted molar refractivity (Wildman–Crippen MR) is 64.1 cm³/mol. The number of carbonyl (C=O) groups is 1. The van der Waals surface area contributed by atoms with Gasteiger partial charge in [0.25, 0.3) is 0 Å². The summed E-state index contributed by atoms with van der Waals surface area (Å²) in [6.07, 6.45) is 0. The van der Waals surface area contributed by atoms with Crippen molar-refractivity contribution < 1.29 is 19.7 Å². The van der Waals surface area contributed by atoms with Crippen molar-refractivity contribution in [3.8, 4) is 11.5 Å². The van der Waals surface area contributed by atoms with Crippen LogP contribution in [0.4, 0.5) is 0 Å². The molecule has 4 nitrogen and oxygen atoms in total. The van der Waals surface area contributed by atoms with Crippen molar-refractivity contribution in [2.45, 2.75) is 19.8 Å². The number of esters is 1. The normalized spacial score (nSPS) is 11.9. The number of hydrogen-bond donors (Lipinski definition) is 2. The molecule has 0 spiro atoms. The van der Waals surface area contributed by atoms with Crippen LogP contribution in [0.5, 0.6) is 11.5 Å². The molecule has 0 aromatic heterocycles. The lowest BCUT2D eigenvalue weighted by molar-refractivity contribution is -0.141. The molecule has 1 atom stereocenters. The van der Waals surface area contributed by atoms with Crippen LogP contribution >= 0.6 is 0 Å². The Morgan fingerprint density at radius 3 is 2.41 bits per heavy atom. The SMILES string of the molecule is C=C(C)C(C(=O)OC)c1cc(O)c(C)cc1O. The lowest BCUT2D eigenvalue weighted by atomic mass is 9.91. The van der Waals surface area contributed by atoms with Crippen LogP contribution in [-0.4, -0.2) is 23.3 Å². The third-order valence-electron chi connectivity index (χ3n) is 2.59. The molecule has 0 aliphatic rings. The molecule has 17 heavy (non-hydrogen) atoms. The van der Waals surface area contributed by atoms with Crippen LogP contribution in [0.25, 0.3) is 0 Å². The number of carbonyl (C=O) groups excluding carboxylic acids is 1. The van der Waals surface area contributed by atoms with Gasteiger partial charge in [-0.05, 0) is 31.5 Å². The van der Waals surface area contributed by atoms with E-state index in [0.717, 1.165) is 0 Å². The van der Waals surface area contributed by atoms with Gasteiger partial charge in [0.05, 0.1) is 7.11 Å². The Hall–Kier alpha value is -1.97. The summed E-state index contributed by atoms with van der Waals surface area (Å²) in [6, 6.07) is 2.77. The van der Waals surface area contributed by atoms with Crippen LogP contribution in [0.15, 0.2) is 24.3 Å². The molecule has 1 unspecified atom stereocenters. The van der Waals surface area contributed by atoms with Gasteiger partial charge in [0.2, 0.25) is 0 Å². The second-order valence-electron chi connectivity index (χ2n) is 4.00. The quantitative estimate of drug-likeness (QED) is 0.480. The molecule has 0 aliphatic heterocycles. The molecule has 92 valence electrons. The minimum absolute atomic E-state index is 0.0213. The van der Waals surface area contributed by atoms with Gasteiger partial charge in [0.1, 0.15) is 17.4 Å². The molecule has 0 amide bonds. The number of ether oxygens (including phenoxy) is 1. The van der Waals surface area contributed by atoms with Crippen LogP contribution in [0.3, 0.4) is 0 Å². The van der Waals surface area contributed by atoms with Crippen molar-refractivity contribution in [1.82, 2.24) is 0 Å². The van der Waals surface area contributed by atoms with Crippen LogP contribution in [-0.2, 0) is 9.53 Å². The van der Waals surface area contributed by atoms with Crippen molar-refractivity contribution in [3.05, 3.63) is 35.4 Å². The predicted octanol–water partition coefficient (Wildman–Crippen LogP) is 2.24. The molecule has 1 aromatic carbocycles. The third-order valence-corrected chi connectivity index (χ3v) is 2.59. The zero-order valence-corrected chi connectivity index (χ0v) is 10.2. The number of aryl methyl sites for hydroxylation is 1. The first-order valence-corrected chi connectivity index (χ1v) is 5.14. The molecular weight excluding hydrogens is 220 g/mol. The lowest BCUT2D eigenvalue weighted by Crippen LogP contribution is -2.15. The number of aromatic hydroxyl groups is 2. The maximum Gasteiger partial charge on any atom is 0.317 e. The van der Waals surface area contributed by atoms with Crippen LogP contribution in [0.1, 0.15) is 24.0 Å². The smallest absolute Gasteiger partial charge is 0.317 e. The van der Waals surface area contributed by atoms with Crippen molar-refractivity contribution in [2.75, 3.05) is 7.11 Å². The van der Waals surface area contributed by atoms with Gasteiger partial charge in [-0.25, -0.2) is 0 Å². The van der Waals surface area contributed by atoms with E-state index >= 15 is 0 Å². The van der Waals surface area contributed by atoms with E-state index < -0.39 is 11.9 Å². The van der Waals surface area contributed by atoms with Crippen LogP contribution in [0.2, 0.25) is 0 Å². The van der Waals surface area contributed by atoms with Gasteiger partial charge in [0, 0.05) is 5.56 Å². The van der Waals surface area contributed by atoms with Crippen LogP contribution in [0, 0.1) is 6.92 Å². The van der Waals surface area contributed by atoms with Gasteiger partial charge in [-0.2, -0.15) is 0 Å². The van der Waals surface area contributed by atoms with Gasteiger partial charge in [-0.1, -0.05) is 12.2 Å². The van der Waals surface area contributed by atoms with Gasteiger partial charge in [-0.3, -0.25) is 4.79 Å². The zero-order valence-electron chi connectivity index (χ0n) is 10.2. The minimum Gasteiger partial charge on any atom is -0.508 e. The zero-order chi connectivity index (χ0) is 13.2. The van der Waals surface area contributed by atoms with E-state index in [-0.39, 0.29) is 11.5 Å². The molecule has 1 aromatic rings. The highest BCUT2D eigenvalue weighted by atomic mass is 16.5. The number of benzene rings is 1. The maximum atomic E-state index is 11.6. The van der Waals surface area contributed by atoms with Crippen molar-refractivity contribution in [1.29, 1.82) is 0 Å². The highest BCUT2D eigenvalue weighted by molar-refractivity contribution is 5.82. The average molecular weight is 236 g/mol. The molecule has 0 fully saturated rings. The Bertz CT molecular complexity index is 463. The average Bonchev–Trinajstić information content (AvgIpc) is 2.25. The molecule has 0 saturated heterocycles. The summed E-state index contributed by atoms with van der Waals surface area (Å²) in [5.41, 5.74) is 1.37. The Balaban J connectivity index is 3.33. The topological polar surface area (TPSA) is 66.8 Å². The van der Waals surface area contributed by atoms with Gasteiger partial charge < -0.3 is 14.9 Å². The first kappa shape index (κ1) is 13.1. The molecular formula is C13H16O4.